The fraction of sp³-hybridized carbons (Fsp3) is 0.731. The maximum atomic E-state index is 12.2. The second kappa shape index (κ2) is 16.3. The third kappa shape index (κ3) is 10.7. The first-order chi connectivity index (χ1) is 20.5. The molecule has 2 rings (SSSR count). The van der Waals surface area contributed by atoms with Gasteiger partial charge in [-0.1, -0.05) is 0 Å². The Bertz CT molecular complexity index is 1090. The fourth-order valence-electron chi connectivity index (χ4n) is 4.49. The summed E-state index contributed by atoms with van der Waals surface area (Å²) in [6.07, 6.45) is -16.3. The summed E-state index contributed by atoms with van der Waals surface area (Å²) >= 11 is 0. The van der Waals surface area contributed by atoms with Crippen molar-refractivity contribution in [1.82, 2.24) is 0 Å². The molecule has 0 bridgehead atoms. The Morgan fingerprint density at radius 1 is 0.477 bits per heavy atom. The third-order valence-electron chi connectivity index (χ3n) is 5.90. The number of ether oxygens (including phenoxy) is 10. The zero-order chi connectivity index (χ0) is 33.3. The second-order valence-electron chi connectivity index (χ2n) is 9.68. The van der Waals surface area contributed by atoms with E-state index in [-0.39, 0.29) is 0 Å². The molecule has 18 nitrogen and oxygen atoms in total. The Hall–Kier alpha value is -3.87. The number of aliphatic hydroxyl groups excluding tert-OH is 1. The Kier molecular flexibility index (Phi) is 13.4. The molecule has 248 valence electrons. The molecule has 0 saturated carbocycles. The molecule has 0 radical (unpaired) electrons. The van der Waals surface area contributed by atoms with Gasteiger partial charge in [-0.15, -0.1) is 0 Å². The maximum Gasteiger partial charge on any atom is 0.303 e. The van der Waals surface area contributed by atoms with Crippen LogP contribution in [0.5, 0.6) is 0 Å². The molecule has 44 heavy (non-hydrogen) atoms. The van der Waals surface area contributed by atoms with Gasteiger partial charge in [0.2, 0.25) is 0 Å². The van der Waals surface area contributed by atoms with Gasteiger partial charge in [0, 0.05) is 48.5 Å². The lowest BCUT2D eigenvalue weighted by atomic mass is 9.96. The number of carbonyl (C=O) groups excluding carboxylic acids is 7. The molecule has 1 N–H and O–H groups in total. The van der Waals surface area contributed by atoms with Crippen molar-refractivity contribution in [1.29, 1.82) is 0 Å². The number of hydrogen-bond acceptors (Lipinski definition) is 18. The maximum absolute atomic E-state index is 12.2. The monoisotopic (exact) mass is 636 g/mol. The number of hydrogen-bond donors (Lipinski definition) is 1. The largest absolute Gasteiger partial charge is 0.463 e. The average molecular weight is 637 g/mol. The van der Waals surface area contributed by atoms with E-state index in [9.17, 15) is 38.7 Å². The highest BCUT2D eigenvalue weighted by atomic mass is 16.8. The number of rotatable bonds is 11. The molecule has 0 spiro atoms. The molecular weight excluding hydrogens is 600 g/mol. The summed E-state index contributed by atoms with van der Waals surface area (Å²) in [6.45, 7) is 6.11. The highest BCUT2D eigenvalue weighted by Gasteiger charge is 2.57. The Labute approximate surface area is 251 Å². The van der Waals surface area contributed by atoms with E-state index in [4.69, 9.17) is 47.4 Å². The topological polar surface area (TPSA) is 232 Å². The zero-order valence-electron chi connectivity index (χ0n) is 25.1. The van der Waals surface area contributed by atoms with Crippen LogP contribution in [0.2, 0.25) is 0 Å². The normalized spacial score (nSPS) is 31.5. The Morgan fingerprint density at radius 3 is 1.27 bits per heavy atom. The van der Waals surface area contributed by atoms with Crippen molar-refractivity contribution < 1.29 is 86.0 Å². The van der Waals surface area contributed by atoms with E-state index in [1.165, 1.54) is 0 Å². The van der Waals surface area contributed by atoms with Gasteiger partial charge in [0.05, 0.1) is 0 Å². The van der Waals surface area contributed by atoms with Crippen molar-refractivity contribution in [3.8, 4) is 0 Å². The summed E-state index contributed by atoms with van der Waals surface area (Å²) in [4.78, 5) is 83.5. The summed E-state index contributed by atoms with van der Waals surface area (Å²) in [6, 6.07) is 0. The van der Waals surface area contributed by atoms with E-state index < -0.39 is 116 Å². The lowest BCUT2D eigenvalue weighted by Crippen LogP contribution is -2.67. The highest BCUT2D eigenvalue weighted by molar-refractivity contribution is 5.69. The van der Waals surface area contributed by atoms with Crippen molar-refractivity contribution in [3.63, 3.8) is 0 Å². The Morgan fingerprint density at radius 2 is 0.841 bits per heavy atom. The molecule has 2 fully saturated rings. The molecule has 0 amide bonds. The quantitative estimate of drug-likeness (QED) is 0.203. The first kappa shape index (κ1) is 36.3. The Balaban J connectivity index is 2.66. The molecular formula is C26H36O18. The SMILES string of the molecule is CC(=O)OC[C@H]1O[C@@H](O[C@H]2[C@H](OC(C)=O)[C@@H](OC(C)=O)[C@H](O)O[C@@H]2COC(C)=O)[C@@H](OC(C)=O)[C@@H](OC(C)=O)[C@@H]1OC(C)=O. The van der Waals surface area contributed by atoms with Crippen LogP contribution in [0.4, 0.5) is 0 Å². The van der Waals surface area contributed by atoms with Gasteiger partial charge in [0.15, 0.2) is 43.1 Å². The summed E-state index contributed by atoms with van der Waals surface area (Å²) < 4.78 is 54.1. The van der Waals surface area contributed by atoms with Crippen molar-refractivity contribution in [2.75, 3.05) is 13.2 Å². The van der Waals surface area contributed by atoms with Crippen LogP contribution in [0, 0.1) is 0 Å². The van der Waals surface area contributed by atoms with Gasteiger partial charge >= 0.3 is 41.8 Å². The van der Waals surface area contributed by atoms with E-state index in [1.807, 2.05) is 0 Å². The van der Waals surface area contributed by atoms with Crippen LogP contribution < -0.4 is 0 Å². The standard InChI is InChI=1S/C26H36O18/c1-10(27)35-8-17-20(21(38-13(4)30)23(25(34)42-17)40-15(6)32)44-26-24(41-16(7)33)22(39-14(5)31)19(37-12(3)29)18(43-26)9-36-11(2)28/h17-26,34H,8-9H2,1-7H3/t17-,18-,19-,20-,21+,22+,23-,24+,25-,26+/m1/s1. The summed E-state index contributed by atoms with van der Waals surface area (Å²) in [5, 5.41) is 10.6. The molecule has 18 heteroatoms. The minimum atomic E-state index is -1.90. The molecule has 10 atom stereocenters. The van der Waals surface area contributed by atoms with Crippen LogP contribution in [0.3, 0.4) is 0 Å². The van der Waals surface area contributed by atoms with Gasteiger partial charge in [-0.25, -0.2) is 0 Å². The minimum Gasteiger partial charge on any atom is -0.463 e. The summed E-state index contributed by atoms with van der Waals surface area (Å²) in [5.41, 5.74) is 0. The number of aliphatic hydroxyl groups is 1. The van der Waals surface area contributed by atoms with Crippen molar-refractivity contribution in [2.24, 2.45) is 0 Å². The third-order valence-corrected chi connectivity index (χ3v) is 5.90. The highest BCUT2D eigenvalue weighted by Crippen LogP contribution is 2.34. The van der Waals surface area contributed by atoms with Crippen LogP contribution in [-0.2, 0) is 80.9 Å². The predicted octanol–water partition coefficient (Wildman–Crippen LogP) is -1.40. The van der Waals surface area contributed by atoms with Crippen LogP contribution in [-0.4, -0.2) is 122 Å². The first-order valence-corrected chi connectivity index (χ1v) is 13.3. The van der Waals surface area contributed by atoms with Gasteiger partial charge in [-0.2, -0.15) is 0 Å². The van der Waals surface area contributed by atoms with Gasteiger partial charge < -0.3 is 52.5 Å². The molecule has 2 heterocycles. The van der Waals surface area contributed by atoms with E-state index in [0.29, 0.717) is 0 Å². The molecule has 2 saturated heterocycles. The average Bonchev–Trinajstić information content (AvgIpc) is 2.87. The molecule has 0 aliphatic carbocycles. The second-order valence-corrected chi connectivity index (χ2v) is 9.68. The molecule has 0 aromatic carbocycles. The zero-order valence-corrected chi connectivity index (χ0v) is 25.1. The molecule has 0 aromatic heterocycles. The number of carbonyl (C=O) groups is 7. The van der Waals surface area contributed by atoms with Crippen LogP contribution in [0.15, 0.2) is 0 Å². The van der Waals surface area contributed by atoms with Gasteiger partial charge in [-0.3, -0.25) is 33.6 Å². The minimum absolute atomic E-state index is 0.572. The van der Waals surface area contributed by atoms with Crippen molar-refractivity contribution in [3.05, 3.63) is 0 Å². The van der Waals surface area contributed by atoms with Gasteiger partial charge in [0.25, 0.3) is 0 Å². The summed E-state index contributed by atoms with van der Waals surface area (Å²) in [7, 11) is 0. The van der Waals surface area contributed by atoms with Crippen LogP contribution in [0.25, 0.3) is 0 Å². The van der Waals surface area contributed by atoms with Gasteiger partial charge in [-0.05, 0) is 0 Å². The van der Waals surface area contributed by atoms with E-state index in [1.54, 1.807) is 0 Å². The van der Waals surface area contributed by atoms with E-state index in [2.05, 4.69) is 0 Å². The molecule has 2 aliphatic rings. The van der Waals surface area contributed by atoms with Gasteiger partial charge in [0.1, 0.15) is 31.5 Å². The lowest BCUT2D eigenvalue weighted by molar-refractivity contribution is -0.357. The number of esters is 7. The molecule has 2 aliphatic heterocycles. The summed E-state index contributed by atoms with van der Waals surface area (Å²) in [5.74, 6) is -6.03. The first-order valence-electron chi connectivity index (χ1n) is 13.3. The van der Waals surface area contributed by atoms with E-state index in [0.717, 1.165) is 48.5 Å². The molecule has 0 aromatic rings. The lowest BCUT2D eigenvalue weighted by Gasteiger charge is -2.48. The van der Waals surface area contributed by atoms with Crippen molar-refractivity contribution in [2.45, 2.75) is 110 Å². The molecule has 0 unspecified atom stereocenters. The fourth-order valence-corrected chi connectivity index (χ4v) is 4.49. The van der Waals surface area contributed by atoms with Crippen molar-refractivity contribution >= 4 is 41.8 Å². The van der Waals surface area contributed by atoms with E-state index >= 15 is 0 Å². The van der Waals surface area contributed by atoms with Crippen LogP contribution >= 0.6 is 0 Å². The predicted molar refractivity (Wildman–Crippen MR) is 135 cm³/mol. The van der Waals surface area contributed by atoms with Crippen LogP contribution in [0.1, 0.15) is 48.5 Å². The smallest absolute Gasteiger partial charge is 0.303 e.